The fourth-order valence-corrected chi connectivity index (χ4v) is 3.62. The van der Waals surface area contributed by atoms with E-state index in [-0.39, 0.29) is 36.2 Å². The normalized spacial score (nSPS) is 20.7. The van der Waals surface area contributed by atoms with Crippen molar-refractivity contribution in [3.8, 4) is 0 Å². The number of carbonyl (C=O) groups excluding carboxylic acids is 2. The van der Waals surface area contributed by atoms with Crippen LogP contribution in [0.25, 0.3) is 0 Å². The lowest BCUT2D eigenvalue weighted by Gasteiger charge is -2.28. The molecule has 5 heteroatoms. The third-order valence-corrected chi connectivity index (χ3v) is 5.07. The Labute approximate surface area is 150 Å². The first-order valence-corrected chi connectivity index (χ1v) is 8.97. The molecule has 1 aliphatic heterocycles. The van der Waals surface area contributed by atoms with E-state index in [9.17, 15) is 9.59 Å². The van der Waals surface area contributed by atoms with Crippen molar-refractivity contribution in [1.82, 2.24) is 5.32 Å². The van der Waals surface area contributed by atoms with Gasteiger partial charge in [0.25, 0.3) is 0 Å². The smallest absolute Gasteiger partial charge is 0.309 e. The second kappa shape index (κ2) is 9.68. The van der Waals surface area contributed by atoms with Gasteiger partial charge in [-0.2, -0.15) is 0 Å². The van der Waals surface area contributed by atoms with Gasteiger partial charge in [-0.15, -0.1) is 0 Å². The maximum Gasteiger partial charge on any atom is 0.309 e. The Balaban J connectivity index is 2.03. The number of carbonyl (C=O) groups is 2. The van der Waals surface area contributed by atoms with E-state index in [4.69, 9.17) is 9.47 Å². The van der Waals surface area contributed by atoms with E-state index in [1.54, 1.807) is 7.11 Å². The second-order valence-electron chi connectivity index (χ2n) is 6.77. The van der Waals surface area contributed by atoms with Gasteiger partial charge in [-0.05, 0) is 31.4 Å². The Morgan fingerprint density at radius 2 is 1.96 bits per heavy atom. The van der Waals surface area contributed by atoms with Gasteiger partial charge in [-0.25, -0.2) is 0 Å². The van der Waals surface area contributed by atoms with E-state index in [1.807, 2.05) is 37.3 Å². The zero-order valence-electron chi connectivity index (χ0n) is 15.4. The van der Waals surface area contributed by atoms with E-state index < -0.39 is 5.92 Å². The average Bonchev–Trinajstić information content (AvgIpc) is 3.16. The predicted octanol–water partition coefficient (Wildman–Crippen LogP) is 2.38. The number of rotatable bonds is 9. The largest absolute Gasteiger partial charge is 0.469 e. The number of methoxy groups -OCH3 is 2. The number of esters is 1. The van der Waals surface area contributed by atoms with Crippen LogP contribution in [0.3, 0.4) is 0 Å². The third-order valence-electron chi connectivity index (χ3n) is 5.07. The van der Waals surface area contributed by atoms with Gasteiger partial charge >= 0.3 is 5.97 Å². The topological polar surface area (TPSA) is 64.6 Å². The molecule has 0 aliphatic carbocycles. The van der Waals surface area contributed by atoms with Crippen LogP contribution in [0.1, 0.15) is 31.7 Å². The summed E-state index contributed by atoms with van der Waals surface area (Å²) in [7, 11) is 3.02. The minimum atomic E-state index is -0.462. The molecule has 0 saturated carbocycles. The van der Waals surface area contributed by atoms with E-state index in [0.717, 1.165) is 24.9 Å². The minimum Gasteiger partial charge on any atom is -0.469 e. The molecule has 138 valence electrons. The summed E-state index contributed by atoms with van der Waals surface area (Å²) in [6.07, 6.45) is 2.64. The zero-order chi connectivity index (χ0) is 18.2. The lowest BCUT2D eigenvalue weighted by atomic mass is 9.86. The quantitative estimate of drug-likeness (QED) is 0.695. The van der Waals surface area contributed by atoms with E-state index in [0.29, 0.717) is 6.42 Å². The summed E-state index contributed by atoms with van der Waals surface area (Å²) in [5.41, 5.74) is 1.03. The van der Waals surface area contributed by atoms with Gasteiger partial charge in [0, 0.05) is 25.5 Å². The fourth-order valence-electron chi connectivity index (χ4n) is 3.62. The van der Waals surface area contributed by atoms with Gasteiger partial charge in [0.2, 0.25) is 0 Å². The van der Waals surface area contributed by atoms with Gasteiger partial charge < -0.3 is 14.8 Å². The molecule has 25 heavy (non-hydrogen) atoms. The molecule has 0 spiro atoms. The highest BCUT2D eigenvalue weighted by molar-refractivity contribution is 5.86. The Morgan fingerprint density at radius 3 is 2.52 bits per heavy atom. The second-order valence-corrected chi connectivity index (χ2v) is 6.77. The molecule has 1 aromatic rings. The van der Waals surface area contributed by atoms with Crippen LogP contribution in [0.15, 0.2) is 30.3 Å². The number of hydrogen-bond acceptors (Lipinski definition) is 5. The molecule has 0 radical (unpaired) electrons. The van der Waals surface area contributed by atoms with Crippen LogP contribution in [0.2, 0.25) is 0 Å². The van der Waals surface area contributed by atoms with Gasteiger partial charge in [-0.3, -0.25) is 9.59 Å². The summed E-state index contributed by atoms with van der Waals surface area (Å²) in [6, 6.07) is 9.92. The standard InChI is InChI=1S/C20H29NO4/c1-14(19(24-2)17-10-7-11-21-17)18(22)13-16(20(23)25-3)12-15-8-5-4-6-9-15/h4-6,8-9,14,16-17,19,21H,7,10-13H2,1-3H3/t14-,16+,17-,19+/m0/s1. The van der Waals surface area contributed by atoms with Crippen LogP contribution >= 0.6 is 0 Å². The molecule has 0 amide bonds. The summed E-state index contributed by atoms with van der Waals surface area (Å²) in [4.78, 5) is 25.0. The number of hydrogen-bond donors (Lipinski definition) is 1. The number of Topliss-reactive ketones (excluding diaryl/α,β-unsaturated/α-hetero) is 1. The van der Waals surface area contributed by atoms with Gasteiger partial charge in [0.05, 0.1) is 19.1 Å². The number of ketones is 1. The lowest BCUT2D eigenvalue weighted by Crippen LogP contribution is -2.43. The highest BCUT2D eigenvalue weighted by Gasteiger charge is 2.34. The van der Waals surface area contributed by atoms with Gasteiger partial charge in [-0.1, -0.05) is 37.3 Å². The van der Waals surface area contributed by atoms with Crippen LogP contribution < -0.4 is 5.32 Å². The van der Waals surface area contributed by atoms with Crippen molar-refractivity contribution in [2.75, 3.05) is 20.8 Å². The molecule has 1 aliphatic rings. The summed E-state index contributed by atoms with van der Waals surface area (Å²) < 4.78 is 10.5. The van der Waals surface area contributed by atoms with E-state index >= 15 is 0 Å². The fraction of sp³-hybridized carbons (Fsp3) is 0.600. The van der Waals surface area contributed by atoms with E-state index in [1.165, 1.54) is 7.11 Å². The van der Waals surface area contributed by atoms with E-state index in [2.05, 4.69) is 5.32 Å². The van der Waals surface area contributed by atoms with Crippen LogP contribution in [-0.2, 0) is 25.5 Å². The van der Waals surface area contributed by atoms with Crippen molar-refractivity contribution >= 4 is 11.8 Å². The predicted molar refractivity (Wildman–Crippen MR) is 96.3 cm³/mol. The molecule has 5 nitrogen and oxygen atoms in total. The highest BCUT2D eigenvalue weighted by Crippen LogP contribution is 2.23. The molecule has 4 atom stereocenters. The van der Waals surface area contributed by atoms with Gasteiger partial charge in [0.1, 0.15) is 5.78 Å². The SMILES string of the molecule is COC(=O)[C@@H](CC(=O)[C@H](C)[C@@H](OC)[C@@H]1CCCN1)Cc1ccccc1. The first-order chi connectivity index (χ1) is 12.1. The highest BCUT2D eigenvalue weighted by atomic mass is 16.5. The van der Waals surface area contributed by atoms with Crippen molar-refractivity contribution in [1.29, 1.82) is 0 Å². The molecule has 0 unspecified atom stereocenters. The van der Waals surface area contributed by atoms with Crippen molar-refractivity contribution in [3.05, 3.63) is 35.9 Å². The molecule has 1 saturated heterocycles. The summed E-state index contributed by atoms with van der Waals surface area (Å²) in [5.74, 6) is -1.01. The molecule has 1 heterocycles. The van der Waals surface area contributed by atoms with Crippen molar-refractivity contribution < 1.29 is 19.1 Å². The van der Waals surface area contributed by atoms with Crippen LogP contribution in [-0.4, -0.2) is 44.7 Å². The van der Waals surface area contributed by atoms with Gasteiger partial charge in [0.15, 0.2) is 0 Å². The molecular weight excluding hydrogens is 318 g/mol. The van der Waals surface area contributed by atoms with Crippen LogP contribution in [0, 0.1) is 11.8 Å². The first-order valence-electron chi connectivity index (χ1n) is 8.97. The minimum absolute atomic E-state index is 0.0480. The molecule has 1 N–H and O–H groups in total. The first kappa shape index (κ1) is 19.6. The molecule has 1 fully saturated rings. The maximum atomic E-state index is 12.8. The Hall–Kier alpha value is -1.72. The summed E-state index contributed by atoms with van der Waals surface area (Å²) in [6.45, 7) is 2.86. The summed E-state index contributed by atoms with van der Waals surface area (Å²) in [5, 5.41) is 3.40. The monoisotopic (exact) mass is 347 g/mol. The molecule has 0 bridgehead atoms. The average molecular weight is 347 g/mol. The molecular formula is C20H29NO4. The molecule has 0 aromatic heterocycles. The lowest BCUT2D eigenvalue weighted by molar-refractivity contribution is -0.148. The number of ether oxygens (including phenoxy) is 2. The maximum absolute atomic E-state index is 12.8. The summed E-state index contributed by atoms with van der Waals surface area (Å²) >= 11 is 0. The third kappa shape index (κ3) is 5.38. The number of nitrogens with one attached hydrogen (secondary N) is 1. The Morgan fingerprint density at radius 1 is 1.24 bits per heavy atom. The van der Waals surface area contributed by atoms with Crippen molar-refractivity contribution in [2.24, 2.45) is 11.8 Å². The van der Waals surface area contributed by atoms with Crippen molar-refractivity contribution in [2.45, 2.75) is 44.8 Å². The van der Waals surface area contributed by atoms with Crippen LogP contribution in [0.4, 0.5) is 0 Å². The molecule has 1 aromatic carbocycles. The molecule has 2 rings (SSSR count). The van der Waals surface area contributed by atoms with Crippen molar-refractivity contribution in [3.63, 3.8) is 0 Å². The number of benzene rings is 1. The Bertz CT molecular complexity index is 554. The van der Waals surface area contributed by atoms with Crippen LogP contribution in [0.5, 0.6) is 0 Å². The Kier molecular flexibility index (Phi) is 7.59. The zero-order valence-corrected chi connectivity index (χ0v) is 15.4.